The van der Waals surface area contributed by atoms with Crippen LogP contribution < -0.4 is 0 Å². The highest BCUT2D eigenvalue weighted by molar-refractivity contribution is 5.66. The van der Waals surface area contributed by atoms with E-state index in [0.29, 0.717) is 18.1 Å². The molecule has 0 fully saturated rings. The van der Waals surface area contributed by atoms with Crippen molar-refractivity contribution in [3.05, 3.63) is 64.5 Å². The van der Waals surface area contributed by atoms with Gasteiger partial charge in [0.15, 0.2) is 11.6 Å². The Morgan fingerprint density at radius 2 is 1.26 bits per heavy atom. The highest BCUT2D eigenvalue weighted by atomic mass is 16.3. The molecule has 0 bridgehead atoms. The van der Waals surface area contributed by atoms with Gasteiger partial charge in [0.05, 0.1) is 6.10 Å². The lowest BCUT2D eigenvalue weighted by molar-refractivity contribution is 0.0697. The summed E-state index contributed by atoms with van der Waals surface area (Å²) in [6.45, 7) is 12.6. The van der Waals surface area contributed by atoms with Gasteiger partial charge in [0.2, 0.25) is 0 Å². The van der Waals surface area contributed by atoms with Gasteiger partial charge in [-0.3, -0.25) is 0 Å². The van der Waals surface area contributed by atoms with Crippen LogP contribution in [0.25, 0.3) is 22.8 Å². The molecule has 0 aliphatic rings. The summed E-state index contributed by atoms with van der Waals surface area (Å²) in [4.78, 5) is 14.6. The van der Waals surface area contributed by atoms with E-state index in [1.165, 1.54) is 11.1 Å². The minimum atomic E-state index is -0.507. The molecule has 0 saturated carbocycles. The van der Waals surface area contributed by atoms with Crippen LogP contribution in [0.15, 0.2) is 36.4 Å². The summed E-state index contributed by atoms with van der Waals surface area (Å²) < 4.78 is 0. The fourth-order valence-electron chi connectivity index (χ4n) is 4.01. The van der Waals surface area contributed by atoms with E-state index in [-0.39, 0.29) is 5.92 Å². The predicted octanol–water partition coefficient (Wildman–Crippen LogP) is 6.92. The average molecular weight is 417 g/mol. The quantitative estimate of drug-likeness (QED) is 0.400. The van der Waals surface area contributed by atoms with E-state index in [1.807, 2.05) is 0 Å². The first kappa shape index (κ1) is 23.1. The van der Waals surface area contributed by atoms with Gasteiger partial charge >= 0.3 is 0 Å². The van der Waals surface area contributed by atoms with Crippen LogP contribution in [0.1, 0.15) is 73.5 Å². The minimum Gasteiger partial charge on any atom is -0.233 e. The Kier molecular flexibility index (Phi) is 7.55. The van der Waals surface area contributed by atoms with Gasteiger partial charge in [-0.05, 0) is 58.1 Å². The fraction of sp³-hybridized carbons (Fsp3) is 0.444. The van der Waals surface area contributed by atoms with Crippen LogP contribution in [0.5, 0.6) is 0 Å². The first-order chi connectivity index (χ1) is 14.8. The van der Waals surface area contributed by atoms with E-state index in [0.717, 1.165) is 47.3 Å². The molecular weight excluding hydrogens is 382 g/mol. The van der Waals surface area contributed by atoms with Gasteiger partial charge in [-0.25, -0.2) is 20.1 Å². The molecule has 0 saturated heterocycles. The van der Waals surface area contributed by atoms with Gasteiger partial charge in [0.1, 0.15) is 5.82 Å². The Morgan fingerprint density at radius 3 is 1.71 bits per heavy atom. The van der Waals surface area contributed by atoms with Crippen molar-refractivity contribution in [2.45, 2.75) is 79.2 Å². The standard InChI is InChI=1S/C27H34N3O/c1-7-8-22(31)12-11-19(4)25-28-26(23-13-9-17(2)15-20(23)5)30-27(29-25)24-14-10-18(3)16-21(24)6/h9-10,13-16,19,22H,7-8,11-12H2,1-6H3. The predicted molar refractivity (Wildman–Crippen MR) is 127 cm³/mol. The topological polar surface area (TPSA) is 58.6 Å². The maximum absolute atomic E-state index is 12.1. The number of aromatic nitrogens is 3. The Hall–Kier alpha value is -2.59. The van der Waals surface area contributed by atoms with Crippen molar-refractivity contribution in [3.8, 4) is 22.8 Å². The molecule has 0 N–H and O–H groups in total. The maximum atomic E-state index is 12.1. The second-order valence-corrected chi connectivity index (χ2v) is 8.87. The maximum Gasteiger partial charge on any atom is 0.163 e. The van der Waals surface area contributed by atoms with Gasteiger partial charge in [-0.2, -0.15) is 0 Å². The summed E-state index contributed by atoms with van der Waals surface area (Å²) in [5.41, 5.74) is 6.80. The monoisotopic (exact) mass is 416 g/mol. The first-order valence-electron chi connectivity index (χ1n) is 11.4. The number of benzene rings is 2. The number of hydrogen-bond donors (Lipinski definition) is 0. The van der Waals surface area contributed by atoms with E-state index < -0.39 is 6.10 Å². The van der Waals surface area contributed by atoms with E-state index in [1.54, 1.807) is 0 Å². The molecule has 31 heavy (non-hydrogen) atoms. The molecule has 4 heteroatoms. The third kappa shape index (κ3) is 5.76. The Morgan fingerprint density at radius 1 is 0.742 bits per heavy atom. The molecule has 2 aromatic carbocycles. The summed E-state index contributed by atoms with van der Waals surface area (Å²) in [7, 11) is 0. The smallest absolute Gasteiger partial charge is 0.163 e. The van der Waals surface area contributed by atoms with E-state index in [9.17, 15) is 5.11 Å². The summed E-state index contributed by atoms with van der Waals surface area (Å²) in [5.74, 6) is 2.28. The summed E-state index contributed by atoms with van der Waals surface area (Å²) in [6, 6.07) is 12.7. The normalized spacial score (nSPS) is 13.3. The molecule has 0 spiro atoms. The van der Waals surface area contributed by atoms with Crippen molar-refractivity contribution in [1.82, 2.24) is 15.0 Å². The molecule has 1 aromatic heterocycles. The molecule has 3 rings (SSSR count). The van der Waals surface area contributed by atoms with Crippen LogP contribution in [-0.4, -0.2) is 21.1 Å². The van der Waals surface area contributed by atoms with Crippen LogP contribution in [0.3, 0.4) is 0 Å². The van der Waals surface area contributed by atoms with Crippen molar-refractivity contribution in [2.24, 2.45) is 0 Å². The zero-order chi connectivity index (χ0) is 22.5. The zero-order valence-corrected chi connectivity index (χ0v) is 19.7. The molecule has 4 nitrogen and oxygen atoms in total. The van der Waals surface area contributed by atoms with Gasteiger partial charge in [0, 0.05) is 17.0 Å². The third-order valence-corrected chi connectivity index (χ3v) is 5.87. The van der Waals surface area contributed by atoms with Gasteiger partial charge < -0.3 is 0 Å². The van der Waals surface area contributed by atoms with Crippen molar-refractivity contribution < 1.29 is 5.11 Å². The van der Waals surface area contributed by atoms with Crippen LogP contribution in [0, 0.1) is 27.7 Å². The molecule has 0 aliphatic heterocycles. The number of nitrogens with zero attached hydrogens (tertiary/aromatic N) is 3. The average Bonchev–Trinajstić information content (AvgIpc) is 2.72. The van der Waals surface area contributed by atoms with Gasteiger partial charge in [-0.1, -0.05) is 67.8 Å². The first-order valence-corrected chi connectivity index (χ1v) is 11.4. The Labute approximate surface area is 186 Å². The lowest BCUT2D eigenvalue weighted by Gasteiger charge is -2.16. The SMILES string of the molecule is CCCC([O])CCC(C)c1nc(-c2ccc(C)cc2C)nc(-c2ccc(C)cc2C)n1. The van der Waals surface area contributed by atoms with Crippen LogP contribution in [-0.2, 0) is 5.11 Å². The lowest BCUT2D eigenvalue weighted by Crippen LogP contribution is -2.10. The Bertz CT molecular complexity index is 975. The molecule has 0 aliphatic carbocycles. The molecule has 0 amide bonds. The van der Waals surface area contributed by atoms with Crippen molar-refractivity contribution in [2.75, 3.05) is 0 Å². The minimum absolute atomic E-state index is 0.102. The molecule has 163 valence electrons. The largest absolute Gasteiger partial charge is 0.233 e. The highest BCUT2D eigenvalue weighted by Gasteiger charge is 2.18. The second-order valence-electron chi connectivity index (χ2n) is 8.87. The zero-order valence-electron chi connectivity index (χ0n) is 19.7. The second kappa shape index (κ2) is 10.1. The molecular formula is C27H34N3O. The summed E-state index contributed by atoms with van der Waals surface area (Å²) >= 11 is 0. The third-order valence-electron chi connectivity index (χ3n) is 5.87. The van der Waals surface area contributed by atoms with Crippen molar-refractivity contribution >= 4 is 0 Å². The van der Waals surface area contributed by atoms with Gasteiger partial charge in [-0.15, -0.1) is 0 Å². The molecule has 2 atom stereocenters. The van der Waals surface area contributed by atoms with E-state index in [2.05, 4.69) is 77.9 Å². The van der Waals surface area contributed by atoms with E-state index >= 15 is 0 Å². The highest BCUT2D eigenvalue weighted by Crippen LogP contribution is 2.29. The van der Waals surface area contributed by atoms with Gasteiger partial charge in [0.25, 0.3) is 0 Å². The number of aryl methyl sites for hydroxylation is 4. The van der Waals surface area contributed by atoms with Crippen LogP contribution >= 0.6 is 0 Å². The Balaban J connectivity index is 2.05. The van der Waals surface area contributed by atoms with Crippen molar-refractivity contribution in [3.63, 3.8) is 0 Å². The van der Waals surface area contributed by atoms with Crippen LogP contribution in [0.4, 0.5) is 0 Å². The molecule has 3 aromatic rings. The molecule has 2 unspecified atom stereocenters. The van der Waals surface area contributed by atoms with Crippen LogP contribution in [0.2, 0.25) is 0 Å². The lowest BCUT2D eigenvalue weighted by atomic mass is 9.99. The summed E-state index contributed by atoms with van der Waals surface area (Å²) in [5, 5.41) is 12.1. The molecule has 1 heterocycles. The van der Waals surface area contributed by atoms with E-state index in [4.69, 9.17) is 15.0 Å². The number of rotatable bonds is 8. The summed E-state index contributed by atoms with van der Waals surface area (Å²) in [6.07, 6.45) is 2.59. The molecule has 1 radical (unpaired) electrons. The fourth-order valence-corrected chi connectivity index (χ4v) is 4.01. The number of hydrogen-bond acceptors (Lipinski definition) is 3. The van der Waals surface area contributed by atoms with Crippen molar-refractivity contribution in [1.29, 1.82) is 0 Å².